The van der Waals surface area contributed by atoms with Gasteiger partial charge in [-0.3, -0.25) is 10.1 Å². The number of nitrogens with zero attached hydrogens (tertiary/aromatic N) is 4. The van der Waals surface area contributed by atoms with Gasteiger partial charge in [-0.05, 0) is 55.0 Å². The molecule has 0 radical (unpaired) electrons. The van der Waals surface area contributed by atoms with Crippen LogP contribution in [0.3, 0.4) is 0 Å². The van der Waals surface area contributed by atoms with Crippen molar-refractivity contribution >= 4 is 39.8 Å². The Morgan fingerprint density at radius 1 is 1.29 bits per heavy atom. The summed E-state index contributed by atoms with van der Waals surface area (Å²) in [6, 6.07) is 11.0. The van der Waals surface area contributed by atoms with E-state index in [2.05, 4.69) is 32.3 Å². The minimum atomic E-state index is -0.296. The zero-order valence-corrected chi connectivity index (χ0v) is 18.7. The van der Waals surface area contributed by atoms with Crippen molar-refractivity contribution in [3.8, 4) is 5.19 Å². The van der Waals surface area contributed by atoms with E-state index in [-0.39, 0.29) is 18.1 Å². The first-order valence-corrected chi connectivity index (χ1v) is 11.1. The number of pyridine rings is 1. The SMILES string of the molecule is CC1OCCN(c2ncccc2C(=O)Nc2nnc(OCc3ccc(Cl)cc3)s2)C1C. The minimum Gasteiger partial charge on any atom is -0.464 e. The van der Waals surface area contributed by atoms with Gasteiger partial charge in [0, 0.05) is 17.8 Å². The summed E-state index contributed by atoms with van der Waals surface area (Å²) in [6.45, 7) is 5.68. The summed E-state index contributed by atoms with van der Waals surface area (Å²) >= 11 is 7.06. The molecule has 162 valence electrons. The Hall–Kier alpha value is -2.75. The predicted octanol–water partition coefficient (Wildman–Crippen LogP) is 4.03. The number of carbonyl (C=O) groups is 1. The van der Waals surface area contributed by atoms with E-state index >= 15 is 0 Å². The molecule has 3 heterocycles. The topological polar surface area (TPSA) is 89.5 Å². The third-order valence-corrected chi connectivity index (χ3v) is 6.09. The highest BCUT2D eigenvalue weighted by Crippen LogP contribution is 2.27. The third kappa shape index (κ3) is 5.12. The number of ether oxygens (including phenoxy) is 2. The van der Waals surface area contributed by atoms with Crippen LogP contribution >= 0.6 is 22.9 Å². The van der Waals surface area contributed by atoms with Gasteiger partial charge >= 0.3 is 0 Å². The standard InChI is InChI=1S/C21H22ClN5O3S/c1-13-14(2)29-11-10-27(13)18-17(4-3-9-23-18)19(28)24-20-25-26-21(31-20)30-12-15-5-7-16(22)8-6-15/h3-9,13-14H,10-12H2,1-2H3,(H,24,25,28). The van der Waals surface area contributed by atoms with E-state index in [1.807, 2.05) is 19.1 Å². The van der Waals surface area contributed by atoms with E-state index in [9.17, 15) is 4.79 Å². The van der Waals surface area contributed by atoms with Crippen molar-refractivity contribution in [2.45, 2.75) is 32.6 Å². The van der Waals surface area contributed by atoms with Crippen molar-refractivity contribution in [3.05, 3.63) is 58.7 Å². The zero-order chi connectivity index (χ0) is 21.8. The molecule has 8 nitrogen and oxygen atoms in total. The summed E-state index contributed by atoms with van der Waals surface area (Å²) < 4.78 is 11.4. The maximum atomic E-state index is 13.0. The highest BCUT2D eigenvalue weighted by molar-refractivity contribution is 7.17. The number of carbonyl (C=O) groups excluding carboxylic acids is 1. The number of aromatic nitrogens is 3. The van der Waals surface area contributed by atoms with Crippen LogP contribution in [0.25, 0.3) is 0 Å². The molecule has 0 aliphatic carbocycles. The van der Waals surface area contributed by atoms with Crippen LogP contribution < -0.4 is 15.0 Å². The molecule has 31 heavy (non-hydrogen) atoms. The van der Waals surface area contributed by atoms with Crippen LogP contribution in [0.1, 0.15) is 29.8 Å². The summed E-state index contributed by atoms with van der Waals surface area (Å²) in [5.41, 5.74) is 1.43. The molecule has 1 fully saturated rings. The second kappa shape index (κ2) is 9.59. The first-order chi connectivity index (χ1) is 15.0. The molecule has 1 aromatic carbocycles. The van der Waals surface area contributed by atoms with Crippen LogP contribution in [0.4, 0.5) is 10.9 Å². The number of rotatable bonds is 6. The lowest BCUT2D eigenvalue weighted by atomic mass is 10.1. The van der Waals surface area contributed by atoms with Gasteiger partial charge in [0.1, 0.15) is 12.4 Å². The number of anilines is 2. The fourth-order valence-corrected chi connectivity index (χ4v) is 3.96. The van der Waals surface area contributed by atoms with Crippen LogP contribution in [0.15, 0.2) is 42.6 Å². The van der Waals surface area contributed by atoms with Gasteiger partial charge in [-0.1, -0.05) is 28.8 Å². The second-order valence-electron chi connectivity index (χ2n) is 7.13. The molecule has 3 aromatic rings. The average Bonchev–Trinajstić information content (AvgIpc) is 3.22. The Labute approximate surface area is 189 Å². The molecule has 2 unspecified atom stereocenters. The lowest BCUT2D eigenvalue weighted by molar-refractivity contribution is 0.0280. The summed E-state index contributed by atoms with van der Waals surface area (Å²) in [7, 11) is 0. The lowest BCUT2D eigenvalue weighted by Gasteiger charge is -2.39. The van der Waals surface area contributed by atoms with Crippen molar-refractivity contribution in [2.75, 3.05) is 23.4 Å². The molecule has 2 atom stereocenters. The number of nitrogens with one attached hydrogen (secondary N) is 1. The molecule has 1 amide bonds. The highest BCUT2D eigenvalue weighted by Gasteiger charge is 2.29. The molecule has 0 bridgehead atoms. The smallest absolute Gasteiger partial charge is 0.296 e. The fraction of sp³-hybridized carbons (Fsp3) is 0.333. The van der Waals surface area contributed by atoms with Crippen LogP contribution in [-0.4, -0.2) is 46.4 Å². The van der Waals surface area contributed by atoms with Crippen molar-refractivity contribution in [3.63, 3.8) is 0 Å². The summed E-state index contributed by atoms with van der Waals surface area (Å²) in [4.78, 5) is 19.5. The Morgan fingerprint density at radius 2 is 2.10 bits per heavy atom. The highest BCUT2D eigenvalue weighted by atomic mass is 35.5. The molecule has 1 aliphatic heterocycles. The summed E-state index contributed by atoms with van der Waals surface area (Å²) in [5, 5.41) is 12.2. The van der Waals surface area contributed by atoms with Crippen LogP contribution in [0.2, 0.25) is 5.02 Å². The molecule has 1 aliphatic rings. The van der Waals surface area contributed by atoms with Crippen molar-refractivity contribution in [1.29, 1.82) is 0 Å². The third-order valence-electron chi connectivity index (χ3n) is 5.09. The van der Waals surface area contributed by atoms with E-state index in [0.717, 1.165) is 16.9 Å². The quantitative estimate of drug-likeness (QED) is 0.595. The number of hydrogen-bond donors (Lipinski definition) is 1. The van der Waals surface area contributed by atoms with Crippen molar-refractivity contribution < 1.29 is 14.3 Å². The minimum absolute atomic E-state index is 0.0511. The van der Waals surface area contributed by atoms with E-state index < -0.39 is 0 Å². The summed E-state index contributed by atoms with van der Waals surface area (Å²) in [5.74, 6) is 0.334. The van der Waals surface area contributed by atoms with Crippen LogP contribution in [0, 0.1) is 0 Å². The van der Waals surface area contributed by atoms with E-state index in [1.54, 1.807) is 30.5 Å². The molecule has 0 saturated carbocycles. The number of morpholine rings is 1. The first-order valence-electron chi connectivity index (χ1n) is 9.86. The number of hydrogen-bond acceptors (Lipinski definition) is 8. The predicted molar refractivity (Wildman–Crippen MR) is 120 cm³/mol. The molecular formula is C21H22ClN5O3S. The number of benzene rings is 1. The summed E-state index contributed by atoms with van der Waals surface area (Å²) in [6.07, 6.45) is 1.74. The monoisotopic (exact) mass is 459 g/mol. The van der Waals surface area contributed by atoms with Gasteiger partial charge < -0.3 is 14.4 Å². The average molecular weight is 460 g/mol. The van der Waals surface area contributed by atoms with Gasteiger partial charge in [0.2, 0.25) is 5.13 Å². The molecule has 1 saturated heterocycles. The number of halogens is 1. The van der Waals surface area contributed by atoms with Gasteiger partial charge in [-0.2, -0.15) is 0 Å². The van der Waals surface area contributed by atoms with Gasteiger partial charge in [0.25, 0.3) is 11.1 Å². The Kier molecular flexibility index (Phi) is 6.64. The lowest BCUT2D eigenvalue weighted by Crippen LogP contribution is -2.49. The van der Waals surface area contributed by atoms with Gasteiger partial charge in [0.05, 0.1) is 24.3 Å². The Balaban J connectivity index is 1.43. The van der Waals surface area contributed by atoms with E-state index in [1.165, 1.54) is 0 Å². The normalized spacial score (nSPS) is 18.6. The molecule has 2 aromatic heterocycles. The van der Waals surface area contributed by atoms with Crippen LogP contribution in [0.5, 0.6) is 5.19 Å². The largest absolute Gasteiger partial charge is 0.464 e. The van der Waals surface area contributed by atoms with Crippen molar-refractivity contribution in [2.24, 2.45) is 0 Å². The molecular weight excluding hydrogens is 438 g/mol. The van der Waals surface area contributed by atoms with Crippen molar-refractivity contribution in [1.82, 2.24) is 15.2 Å². The van der Waals surface area contributed by atoms with E-state index in [4.69, 9.17) is 21.1 Å². The molecule has 0 spiro atoms. The van der Waals surface area contributed by atoms with E-state index in [0.29, 0.717) is 46.5 Å². The van der Waals surface area contributed by atoms with Gasteiger partial charge in [-0.15, -0.1) is 5.10 Å². The maximum absolute atomic E-state index is 13.0. The molecule has 1 N–H and O–H groups in total. The zero-order valence-electron chi connectivity index (χ0n) is 17.1. The van der Waals surface area contributed by atoms with Gasteiger partial charge in [0.15, 0.2) is 0 Å². The maximum Gasteiger partial charge on any atom is 0.296 e. The first kappa shape index (κ1) is 21.5. The number of amides is 1. The fourth-order valence-electron chi connectivity index (χ4n) is 3.24. The van der Waals surface area contributed by atoms with Gasteiger partial charge in [-0.25, -0.2) is 4.98 Å². The molecule has 4 rings (SSSR count). The molecule has 10 heteroatoms. The second-order valence-corrected chi connectivity index (χ2v) is 8.50. The Bertz CT molecular complexity index is 1050. The Morgan fingerprint density at radius 3 is 2.90 bits per heavy atom. The van der Waals surface area contributed by atoms with Crippen LogP contribution in [-0.2, 0) is 11.3 Å².